The Labute approximate surface area is 140 Å². The van der Waals surface area contributed by atoms with Crippen molar-refractivity contribution in [3.8, 4) is 0 Å². The molecule has 0 aromatic heterocycles. The molecular formula is C20H21F2NO. The summed E-state index contributed by atoms with van der Waals surface area (Å²) in [6.07, 6.45) is 1.64. The minimum absolute atomic E-state index is 0.0478. The Hall–Kier alpha value is -1.78. The topological polar surface area (TPSA) is 23.5 Å². The van der Waals surface area contributed by atoms with Crippen molar-refractivity contribution >= 4 is 0 Å². The van der Waals surface area contributed by atoms with Gasteiger partial charge in [0.15, 0.2) is 0 Å². The maximum absolute atomic E-state index is 13.4. The van der Waals surface area contributed by atoms with Gasteiger partial charge >= 0.3 is 0 Å². The quantitative estimate of drug-likeness (QED) is 0.931. The van der Waals surface area contributed by atoms with Crippen molar-refractivity contribution in [2.75, 3.05) is 13.1 Å². The predicted octanol–water partition coefficient (Wildman–Crippen LogP) is 3.55. The second kappa shape index (κ2) is 6.26. The van der Waals surface area contributed by atoms with Crippen LogP contribution in [0, 0.1) is 17.6 Å². The molecule has 2 aromatic rings. The van der Waals surface area contributed by atoms with Gasteiger partial charge in [-0.25, -0.2) is 8.78 Å². The SMILES string of the molecule is O[C@H]1C2CCN(CC2)[C@@H]1C(c1ccc(F)cc1)c1ccc(F)cc1. The molecule has 3 aliphatic rings. The normalized spacial score (nSPS) is 29.2. The molecule has 24 heavy (non-hydrogen) atoms. The molecule has 3 saturated heterocycles. The van der Waals surface area contributed by atoms with Crippen molar-refractivity contribution in [3.63, 3.8) is 0 Å². The van der Waals surface area contributed by atoms with Gasteiger partial charge in [-0.1, -0.05) is 24.3 Å². The number of hydrogen-bond donors (Lipinski definition) is 1. The van der Waals surface area contributed by atoms with E-state index in [0.29, 0.717) is 5.92 Å². The Kier molecular flexibility index (Phi) is 4.10. The van der Waals surface area contributed by atoms with Crippen molar-refractivity contribution in [2.24, 2.45) is 5.92 Å². The molecule has 2 atom stereocenters. The minimum Gasteiger partial charge on any atom is -0.391 e. The lowest BCUT2D eigenvalue weighted by molar-refractivity contribution is -0.0775. The van der Waals surface area contributed by atoms with Crippen molar-refractivity contribution in [3.05, 3.63) is 71.3 Å². The lowest BCUT2D eigenvalue weighted by Gasteiger charge is -2.51. The molecular weight excluding hydrogens is 308 g/mol. The summed E-state index contributed by atoms with van der Waals surface area (Å²) < 4.78 is 26.7. The van der Waals surface area contributed by atoms with Crippen molar-refractivity contribution in [1.29, 1.82) is 0 Å². The minimum atomic E-state index is -0.410. The molecule has 126 valence electrons. The molecule has 2 nitrogen and oxygen atoms in total. The first-order valence-electron chi connectivity index (χ1n) is 8.56. The standard InChI is InChI=1S/C20H21F2NO/c21-16-5-1-13(2-6-16)18(14-3-7-17(22)8-4-14)19-20(24)15-9-11-23(19)12-10-15/h1-8,15,18-20,24H,9-12H2/t19-,20+/m1/s1. The zero-order chi connectivity index (χ0) is 16.7. The molecule has 0 unspecified atom stereocenters. The Morgan fingerprint density at radius 3 is 1.71 bits per heavy atom. The summed E-state index contributed by atoms with van der Waals surface area (Å²) in [6.45, 7) is 1.95. The first-order valence-corrected chi connectivity index (χ1v) is 8.56. The molecule has 0 radical (unpaired) electrons. The van der Waals surface area contributed by atoms with Crippen LogP contribution in [0.2, 0.25) is 0 Å². The van der Waals surface area contributed by atoms with E-state index in [1.165, 1.54) is 24.3 Å². The third-order valence-corrected chi connectivity index (χ3v) is 5.63. The summed E-state index contributed by atoms with van der Waals surface area (Å²) in [4.78, 5) is 2.34. The lowest BCUT2D eigenvalue weighted by Crippen LogP contribution is -2.60. The molecule has 0 amide bonds. The summed E-state index contributed by atoms with van der Waals surface area (Å²) in [5.74, 6) is -0.321. The van der Waals surface area contributed by atoms with E-state index >= 15 is 0 Å². The van der Waals surface area contributed by atoms with E-state index in [2.05, 4.69) is 4.90 Å². The molecule has 0 aliphatic carbocycles. The summed E-state index contributed by atoms with van der Waals surface area (Å²) in [5.41, 5.74) is 1.92. The van der Waals surface area contributed by atoms with E-state index in [1.54, 1.807) is 24.3 Å². The Balaban J connectivity index is 1.78. The highest BCUT2D eigenvalue weighted by molar-refractivity contribution is 5.36. The van der Waals surface area contributed by atoms with Crippen LogP contribution in [-0.2, 0) is 0 Å². The predicted molar refractivity (Wildman–Crippen MR) is 88.7 cm³/mol. The fourth-order valence-corrected chi connectivity index (χ4v) is 4.39. The molecule has 3 aliphatic heterocycles. The number of halogens is 2. The van der Waals surface area contributed by atoms with Crippen molar-refractivity contribution in [1.82, 2.24) is 4.90 Å². The highest BCUT2D eigenvalue weighted by Crippen LogP contribution is 2.41. The molecule has 0 spiro atoms. The third kappa shape index (κ3) is 2.74. The highest BCUT2D eigenvalue weighted by Gasteiger charge is 2.45. The van der Waals surface area contributed by atoms with E-state index in [4.69, 9.17) is 0 Å². The van der Waals surface area contributed by atoms with Gasteiger partial charge < -0.3 is 5.11 Å². The van der Waals surface area contributed by atoms with Crippen molar-refractivity contribution in [2.45, 2.75) is 30.9 Å². The van der Waals surface area contributed by atoms with Crippen LogP contribution in [0.5, 0.6) is 0 Å². The van der Waals surface area contributed by atoms with Gasteiger partial charge in [0.05, 0.1) is 6.10 Å². The maximum atomic E-state index is 13.4. The van der Waals surface area contributed by atoms with E-state index in [0.717, 1.165) is 37.1 Å². The third-order valence-electron chi connectivity index (χ3n) is 5.63. The van der Waals surface area contributed by atoms with E-state index < -0.39 is 6.10 Å². The smallest absolute Gasteiger partial charge is 0.123 e. The molecule has 0 saturated carbocycles. The average molecular weight is 329 g/mol. The molecule has 4 heteroatoms. The van der Waals surface area contributed by atoms with E-state index in [-0.39, 0.29) is 23.6 Å². The number of nitrogens with zero attached hydrogens (tertiary/aromatic N) is 1. The van der Waals surface area contributed by atoms with Crippen LogP contribution >= 0.6 is 0 Å². The van der Waals surface area contributed by atoms with Crippen LogP contribution in [0.15, 0.2) is 48.5 Å². The van der Waals surface area contributed by atoms with E-state index in [9.17, 15) is 13.9 Å². The summed E-state index contributed by atoms with van der Waals surface area (Å²) in [5, 5.41) is 10.9. The zero-order valence-corrected chi connectivity index (χ0v) is 13.4. The summed E-state index contributed by atoms with van der Waals surface area (Å²) >= 11 is 0. The Morgan fingerprint density at radius 1 is 0.833 bits per heavy atom. The number of fused-ring (bicyclic) bond motifs is 3. The summed E-state index contributed by atoms with van der Waals surface area (Å²) in [7, 11) is 0. The van der Waals surface area contributed by atoms with Gasteiger partial charge in [0.2, 0.25) is 0 Å². The van der Waals surface area contributed by atoms with Gasteiger partial charge in [-0.3, -0.25) is 4.90 Å². The molecule has 3 fully saturated rings. The van der Waals surface area contributed by atoms with Crippen LogP contribution < -0.4 is 0 Å². The number of hydrogen-bond acceptors (Lipinski definition) is 2. The van der Waals surface area contributed by atoms with Gasteiger partial charge in [0.25, 0.3) is 0 Å². The van der Waals surface area contributed by atoms with Crippen LogP contribution in [-0.4, -0.2) is 35.2 Å². The number of benzene rings is 2. The molecule has 2 aromatic carbocycles. The highest BCUT2D eigenvalue weighted by atomic mass is 19.1. The first kappa shape index (κ1) is 15.7. The second-order valence-electron chi connectivity index (χ2n) is 6.94. The zero-order valence-electron chi connectivity index (χ0n) is 13.4. The second-order valence-corrected chi connectivity index (χ2v) is 6.94. The lowest BCUT2D eigenvalue weighted by atomic mass is 9.72. The molecule has 5 rings (SSSR count). The average Bonchev–Trinajstić information content (AvgIpc) is 2.61. The van der Waals surface area contributed by atoms with Crippen molar-refractivity contribution < 1.29 is 13.9 Å². The van der Waals surface area contributed by atoms with Gasteiger partial charge in [0.1, 0.15) is 11.6 Å². The largest absolute Gasteiger partial charge is 0.391 e. The van der Waals surface area contributed by atoms with Gasteiger partial charge in [0, 0.05) is 12.0 Å². The fourth-order valence-electron chi connectivity index (χ4n) is 4.39. The van der Waals surface area contributed by atoms with E-state index in [1.807, 2.05) is 0 Å². The number of aliphatic hydroxyl groups excluding tert-OH is 1. The maximum Gasteiger partial charge on any atom is 0.123 e. The number of aliphatic hydroxyl groups is 1. The monoisotopic (exact) mass is 329 g/mol. The number of rotatable bonds is 3. The van der Waals surface area contributed by atoms with Crippen LogP contribution in [0.1, 0.15) is 29.9 Å². The Morgan fingerprint density at radius 2 is 1.29 bits per heavy atom. The molecule has 2 bridgehead atoms. The van der Waals surface area contributed by atoms with Crippen LogP contribution in [0.25, 0.3) is 0 Å². The molecule has 3 heterocycles. The van der Waals surface area contributed by atoms with Gasteiger partial charge in [-0.05, 0) is 67.2 Å². The number of piperidine rings is 3. The summed E-state index contributed by atoms with van der Waals surface area (Å²) in [6, 6.07) is 12.9. The first-order chi connectivity index (χ1) is 11.6. The van der Waals surface area contributed by atoms with Gasteiger partial charge in [-0.15, -0.1) is 0 Å². The Bertz CT molecular complexity index is 645. The van der Waals surface area contributed by atoms with Crippen LogP contribution in [0.4, 0.5) is 8.78 Å². The van der Waals surface area contributed by atoms with Gasteiger partial charge in [-0.2, -0.15) is 0 Å². The fraction of sp³-hybridized carbons (Fsp3) is 0.400. The molecule has 1 N–H and O–H groups in total. The van der Waals surface area contributed by atoms with Crippen LogP contribution in [0.3, 0.4) is 0 Å².